The van der Waals surface area contributed by atoms with E-state index in [1.54, 1.807) is 17.7 Å². The van der Waals surface area contributed by atoms with Crippen molar-refractivity contribution >= 4 is 10.9 Å². The fourth-order valence-corrected chi connectivity index (χ4v) is 3.12. The van der Waals surface area contributed by atoms with Gasteiger partial charge in [0.05, 0.1) is 29.7 Å². The van der Waals surface area contributed by atoms with Gasteiger partial charge in [0.25, 0.3) is 0 Å². The van der Waals surface area contributed by atoms with Crippen LogP contribution in [0.2, 0.25) is 0 Å². The Labute approximate surface area is 149 Å². The lowest BCUT2D eigenvalue weighted by atomic mass is 10.0. The summed E-state index contributed by atoms with van der Waals surface area (Å²) < 4.78 is 1.62. The molecule has 0 spiro atoms. The second kappa shape index (κ2) is 6.16. The monoisotopic (exact) mass is 347 g/mol. The summed E-state index contributed by atoms with van der Waals surface area (Å²) in [5, 5.41) is 28.0. The molecule has 0 fully saturated rings. The fourth-order valence-electron chi connectivity index (χ4n) is 3.12. The van der Waals surface area contributed by atoms with Gasteiger partial charge in [0, 0.05) is 22.7 Å². The van der Waals surface area contributed by atoms with Crippen LogP contribution in [-0.4, -0.2) is 25.0 Å². The lowest BCUT2D eigenvalue weighted by Gasteiger charge is -2.17. The smallest absolute Gasteiger partial charge is 0.223 e. The second-order valence-corrected chi connectivity index (χ2v) is 6.18. The van der Waals surface area contributed by atoms with E-state index in [0.29, 0.717) is 5.69 Å². The molecule has 0 amide bonds. The minimum absolute atomic E-state index is 0.365. The van der Waals surface area contributed by atoms with Crippen molar-refractivity contribution in [2.45, 2.75) is 13.0 Å². The number of aromatic hydroxyl groups is 1. The van der Waals surface area contributed by atoms with Gasteiger partial charge in [0.2, 0.25) is 5.43 Å². The number of benzene rings is 2. The maximum absolute atomic E-state index is 11.7. The number of nitrogens with zero attached hydrogens (tertiary/aromatic N) is 2. The van der Waals surface area contributed by atoms with Crippen LogP contribution in [-0.2, 0) is 0 Å². The largest absolute Gasteiger partial charge is 0.503 e. The Morgan fingerprint density at radius 2 is 1.96 bits per heavy atom. The van der Waals surface area contributed by atoms with Crippen molar-refractivity contribution in [2.24, 2.45) is 0 Å². The zero-order valence-electron chi connectivity index (χ0n) is 14.0. The first kappa shape index (κ1) is 16.1. The molecular weight excluding hydrogens is 330 g/mol. The Kier molecular flexibility index (Phi) is 3.82. The third-order valence-corrected chi connectivity index (χ3v) is 4.40. The summed E-state index contributed by atoms with van der Waals surface area (Å²) >= 11 is 0. The number of H-pyrrole nitrogens is 1. The average molecular weight is 347 g/mol. The average Bonchev–Trinajstić information content (AvgIpc) is 3.12. The van der Waals surface area contributed by atoms with E-state index in [2.05, 4.69) is 10.2 Å². The number of aromatic nitrogens is 3. The van der Waals surface area contributed by atoms with Gasteiger partial charge in [0.15, 0.2) is 5.75 Å². The Hall–Kier alpha value is -3.38. The third kappa shape index (κ3) is 2.66. The van der Waals surface area contributed by atoms with Crippen molar-refractivity contribution in [1.29, 1.82) is 0 Å². The number of pyridine rings is 1. The van der Waals surface area contributed by atoms with E-state index in [0.717, 1.165) is 27.7 Å². The van der Waals surface area contributed by atoms with Crippen LogP contribution in [0.4, 0.5) is 0 Å². The summed E-state index contributed by atoms with van der Waals surface area (Å²) in [6, 6.07) is 14.9. The summed E-state index contributed by atoms with van der Waals surface area (Å²) in [6.45, 7) is 1.58. The highest BCUT2D eigenvalue weighted by Crippen LogP contribution is 2.29. The summed E-state index contributed by atoms with van der Waals surface area (Å²) in [4.78, 5) is 11.7. The van der Waals surface area contributed by atoms with Crippen molar-refractivity contribution in [3.8, 4) is 22.6 Å². The van der Waals surface area contributed by atoms with Crippen molar-refractivity contribution in [3.63, 3.8) is 0 Å². The number of nitrogens with one attached hydrogen (secondary N) is 1. The number of aliphatic hydroxyl groups is 1. The molecule has 2 aromatic heterocycles. The second-order valence-electron chi connectivity index (χ2n) is 6.18. The van der Waals surface area contributed by atoms with E-state index >= 15 is 0 Å². The van der Waals surface area contributed by atoms with Crippen LogP contribution < -0.4 is 5.43 Å². The zero-order chi connectivity index (χ0) is 18.3. The predicted octanol–water partition coefficient (Wildman–Crippen LogP) is 3.14. The van der Waals surface area contributed by atoms with Crippen LogP contribution in [0.15, 0.2) is 65.7 Å². The van der Waals surface area contributed by atoms with E-state index in [1.807, 2.05) is 42.5 Å². The van der Waals surface area contributed by atoms with Gasteiger partial charge in [-0.05, 0) is 24.6 Å². The first-order valence-electron chi connectivity index (χ1n) is 8.21. The molecular formula is C20H17N3O3. The van der Waals surface area contributed by atoms with E-state index in [-0.39, 0.29) is 5.75 Å². The topological polar surface area (TPSA) is 91.1 Å². The molecule has 4 aromatic rings. The molecule has 1 atom stereocenters. The number of hydrogen-bond donors (Lipinski definition) is 3. The van der Waals surface area contributed by atoms with Crippen molar-refractivity contribution < 1.29 is 10.2 Å². The number of rotatable bonds is 3. The summed E-state index contributed by atoms with van der Waals surface area (Å²) in [5.41, 5.74) is 3.49. The molecule has 0 bridgehead atoms. The van der Waals surface area contributed by atoms with E-state index in [1.165, 1.54) is 12.3 Å². The Morgan fingerprint density at radius 3 is 2.77 bits per heavy atom. The maximum Gasteiger partial charge on any atom is 0.223 e. The van der Waals surface area contributed by atoms with Gasteiger partial charge >= 0.3 is 0 Å². The van der Waals surface area contributed by atoms with Crippen LogP contribution in [0.5, 0.6) is 5.75 Å². The first-order chi connectivity index (χ1) is 12.5. The number of para-hydroxylation sites is 1. The fraction of sp³-hybridized carbons (Fsp3) is 0.100. The minimum Gasteiger partial charge on any atom is -0.503 e. The van der Waals surface area contributed by atoms with Crippen LogP contribution in [0.1, 0.15) is 18.7 Å². The lowest BCUT2D eigenvalue weighted by Crippen LogP contribution is -2.13. The zero-order valence-corrected chi connectivity index (χ0v) is 14.0. The quantitative estimate of drug-likeness (QED) is 0.531. The highest BCUT2D eigenvalue weighted by molar-refractivity contribution is 5.93. The van der Waals surface area contributed by atoms with Crippen LogP contribution in [0.25, 0.3) is 27.7 Å². The number of aliphatic hydroxyl groups excluding tert-OH is 1. The molecule has 0 saturated heterocycles. The molecule has 0 radical (unpaired) electrons. The van der Waals surface area contributed by atoms with Gasteiger partial charge in [-0.3, -0.25) is 9.89 Å². The van der Waals surface area contributed by atoms with Gasteiger partial charge in [-0.25, -0.2) is 0 Å². The summed E-state index contributed by atoms with van der Waals surface area (Å²) in [7, 11) is 0. The highest BCUT2D eigenvalue weighted by Gasteiger charge is 2.13. The van der Waals surface area contributed by atoms with Gasteiger partial charge in [-0.15, -0.1) is 0 Å². The van der Waals surface area contributed by atoms with Crippen LogP contribution >= 0.6 is 0 Å². The highest BCUT2D eigenvalue weighted by atomic mass is 16.3. The summed E-state index contributed by atoms with van der Waals surface area (Å²) in [5.74, 6) is -0.365. The molecule has 0 aliphatic rings. The molecule has 1 unspecified atom stereocenters. The standard InChI is InChI=1S/C20H17N3O3/c1-12(24)17-9-18(25)19(26)11-23(17)15-6-2-4-13(8-15)16-7-3-5-14-10-21-22-20(14)16/h2-12,24,26H,1H3,(H,21,22). The van der Waals surface area contributed by atoms with Crippen molar-refractivity contribution in [2.75, 3.05) is 0 Å². The molecule has 6 heteroatoms. The maximum atomic E-state index is 11.7. The molecule has 6 nitrogen and oxygen atoms in total. The Balaban J connectivity index is 1.91. The van der Waals surface area contributed by atoms with E-state index in [4.69, 9.17) is 0 Å². The van der Waals surface area contributed by atoms with Gasteiger partial charge in [0.1, 0.15) is 0 Å². The number of fused-ring (bicyclic) bond motifs is 1. The number of hydrogen-bond acceptors (Lipinski definition) is 4. The number of aromatic amines is 1. The van der Waals surface area contributed by atoms with Gasteiger partial charge < -0.3 is 14.8 Å². The molecule has 0 aliphatic carbocycles. The molecule has 130 valence electrons. The Morgan fingerprint density at radius 1 is 1.15 bits per heavy atom. The minimum atomic E-state index is -0.858. The Bertz CT molecular complexity index is 1160. The van der Waals surface area contributed by atoms with Crippen molar-refractivity contribution in [3.05, 3.63) is 76.8 Å². The first-order valence-corrected chi connectivity index (χ1v) is 8.21. The van der Waals surface area contributed by atoms with Crippen molar-refractivity contribution in [1.82, 2.24) is 14.8 Å². The molecule has 4 rings (SSSR count). The van der Waals surface area contributed by atoms with Crippen LogP contribution in [0.3, 0.4) is 0 Å². The normalized spacial score (nSPS) is 12.4. The molecule has 0 aliphatic heterocycles. The SMILES string of the molecule is CC(O)c1cc(=O)c(O)cn1-c1cccc(-c2cccc3cn[nH]c23)c1. The summed E-state index contributed by atoms with van der Waals surface area (Å²) in [6.07, 6.45) is 2.25. The van der Waals surface area contributed by atoms with E-state index in [9.17, 15) is 15.0 Å². The molecule has 3 N–H and O–H groups in total. The lowest BCUT2D eigenvalue weighted by molar-refractivity contribution is 0.191. The molecule has 2 heterocycles. The van der Waals surface area contributed by atoms with E-state index < -0.39 is 11.5 Å². The van der Waals surface area contributed by atoms with Crippen LogP contribution in [0, 0.1) is 0 Å². The third-order valence-electron chi connectivity index (χ3n) is 4.40. The molecule has 2 aromatic carbocycles. The predicted molar refractivity (Wildman–Crippen MR) is 99.4 cm³/mol. The molecule has 26 heavy (non-hydrogen) atoms. The molecule has 0 saturated carbocycles. The van der Waals surface area contributed by atoms with Gasteiger partial charge in [-0.2, -0.15) is 5.10 Å². The van der Waals surface area contributed by atoms with Gasteiger partial charge in [-0.1, -0.05) is 30.3 Å².